The van der Waals surface area contributed by atoms with Crippen LogP contribution < -0.4 is 5.73 Å². The highest BCUT2D eigenvalue weighted by Gasteiger charge is 2.22. The van der Waals surface area contributed by atoms with Crippen molar-refractivity contribution >= 4 is 5.91 Å². The number of hydrogen-bond donors (Lipinski definition) is 1. The van der Waals surface area contributed by atoms with Gasteiger partial charge in [0.05, 0.1) is 0 Å². The Balaban J connectivity index is 2.02. The lowest BCUT2D eigenvalue weighted by Crippen LogP contribution is -2.38. The summed E-state index contributed by atoms with van der Waals surface area (Å²) in [5, 5.41) is 0. The average molecular weight is 226 g/mol. The minimum atomic E-state index is -0.109. The Bertz CT molecular complexity index is 198. The first-order valence-electron chi connectivity index (χ1n) is 6.75. The normalized spacial score (nSPS) is 18.8. The van der Waals surface area contributed by atoms with Crippen LogP contribution in [0.15, 0.2) is 0 Å². The average Bonchev–Trinajstić information content (AvgIpc) is 2.29. The van der Waals surface area contributed by atoms with Gasteiger partial charge < -0.3 is 10.6 Å². The number of hydrogen-bond acceptors (Lipinski definition) is 2. The van der Waals surface area contributed by atoms with Crippen molar-refractivity contribution in [2.45, 2.75) is 51.9 Å². The SMILES string of the molecule is CCCCCCCN1CCC(C(N)=O)CC1. The molecule has 0 unspecified atom stereocenters. The van der Waals surface area contributed by atoms with Gasteiger partial charge in [0.15, 0.2) is 0 Å². The second-order valence-corrected chi connectivity index (χ2v) is 4.93. The molecule has 94 valence electrons. The number of nitrogens with two attached hydrogens (primary N) is 1. The van der Waals surface area contributed by atoms with Gasteiger partial charge in [0, 0.05) is 5.92 Å². The zero-order valence-electron chi connectivity index (χ0n) is 10.6. The number of rotatable bonds is 7. The van der Waals surface area contributed by atoms with E-state index in [0.717, 1.165) is 25.9 Å². The van der Waals surface area contributed by atoms with E-state index in [4.69, 9.17) is 5.73 Å². The van der Waals surface area contributed by atoms with Crippen LogP contribution in [0, 0.1) is 5.92 Å². The van der Waals surface area contributed by atoms with Crippen molar-refractivity contribution < 1.29 is 4.79 Å². The minimum Gasteiger partial charge on any atom is -0.369 e. The van der Waals surface area contributed by atoms with Gasteiger partial charge in [0.2, 0.25) is 5.91 Å². The van der Waals surface area contributed by atoms with E-state index in [1.165, 1.54) is 38.6 Å². The second kappa shape index (κ2) is 7.66. The third-order valence-corrected chi connectivity index (χ3v) is 3.57. The number of unbranched alkanes of at least 4 members (excludes halogenated alkanes) is 4. The molecule has 0 bridgehead atoms. The van der Waals surface area contributed by atoms with Crippen LogP contribution in [0.25, 0.3) is 0 Å². The molecule has 0 aromatic carbocycles. The fraction of sp³-hybridized carbons (Fsp3) is 0.923. The van der Waals surface area contributed by atoms with Gasteiger partial charge in [0.25, 0.3) is 0 Å². The van der Waals surface area contributed by atoms with Crippen molar-refractivity contribution in [2.75, 3.05) is 19.6 Å². The van der Waals surface area contributed by atoms with Crippen molar-refractivity contribution in [1.29, 1.82) is 0 Å². The molecular weight excluding hydrogens is 200 g/mol. The Labute approximate surface area is 99.4 Å². The largest absolute Gasteiger partial charge is 0.369 e. The summed E-state index contributed by atoms with van der Waals surface area (Å²) < 4.78 is 0. The molecule has 0 atom stereocenters. The number of primary amides is 1. The van der Waals surface area contributed by atoms with Gasteiger partial charge in [0.1, 0.15) is 0 Å². The third-order valence-electron chi connectivity index (χ3n) is 3.57. The molecule has 3 nitrogen and oxygen atoms in total. The molecule has 0 radical (unpaired) electrons. The van der Waals surface area contributed by atoms with E-state index in [0.29, 0.717) is 0 Å². The zero-order valence-corrected chi connectivity index (χ0v) is 10.6. The summed E-state index contributed by atoms with van der Waals surface area (Å²) in [6, 6.07) is 0. The van der Waals surface area contributed by atoms with E-state index >= 15 is 0 Å². The summed E-state index contributed by atoms with van der Waals surface area (Å²) in [6.45, 7) is 5.56. The van der Waals surface area contributed by atoms with Crippen molar-refractivity contribution in [3.63, 3.8) is 0 Å². The summed E-state index contributed by atoms with van der Waals surface area (Å²) in [4.78, 5) is 13.5. The van der Waals surface area contributed by atoms with Crippen LogP contribution in [0.1, 0.15) is 51.9 Å². The molecule has 0 saturated carbocycles. The maximum Gasteiger partial charge on any atom is 0.220 e. The van der Waals surface area contributed by atoms with E-state index in [1.807, 2.05) is 0 Å². The van der Waals surface area contributed by atoms with Crippen molar-refractivity contribution in [1.82, 2.24) is 4.90 Å². The summed E-state index contributed by atoms with van der Waals surface area (Å²) in [5.74, 6) is 0.0268. The molecule has 1 saturated heterocycles. The molecule has 0 aromatic rings. The number of carbonyl (C=O) groups is 1. The van der Waals surface area contributed by atoms with Gasteiger partial charge >= 0.3 is 0 Å². The fourth-order valence-corrected chi connectivity index (χ4v) is 2.38. The van der Waals surface area contributed by atoms with Crippen molar-refractivity contribution in [2.24, 2.45) is 11.7 Å². The zero-order chi connectivity index (χ0) is 11.8. The van der Waals surface area contributed by atoms with Crippen molar-refractivity contribution in [3.05, 3.63) is 0 Å². The van der Waals surface area contributed by atoms with Crippen LogP contribution in [0.5, 0.6) is 0 Å². The molecule has 2 N–H and O–H groups in total. The first-order chi connectivity index (χ1) is 7.74. The number of nitrogens with zero attached hydrogens (tertiary/aromatic N) is 1. The van der Waals surface area contributed by atoms with Crippen LogP contribution in [-0.4, -0.2) is 30.4 Å². The molecule has 1 amide bonds. The van der Waals surface area contributed by atoms with Gasteiger partial charge in [-0.05, 0) is 38.9 Å². The lowest BCUT2D eigenvalue weighted by molar-refractivity contribution is -0.123. The van der Waals surface area contributed by atoms with Crippen molar-refractivity contribution in [3.8, 4) is 0 Å². The molecular formula is C13H26N2O. The van der Waals surface area contributed by atoms with E-state index in [9.17, 15) is 4.79 Å². The summed E-state index contributed by atoms with van der Waals surface area (Å²) >= 11 is 0. The molecule has 1 fully saturated rings. The van der Waals surface area contributed by atoms with E-state index in [-0.39, 0.29) is 11.8 Å². The Morgan fingerprint density at radius 3 is 2.38 bits per heavy atom. The van der Waals surface area contributed by atoms with E-state index in [1.54, 1.807) is 0 Å². The number of carbonyl (C=O) groups excluding carboxylic acids is 1. The molecule has 0 spiro atoms. The Kier molecular flexibility index (Phi) is 6.46. The predicted molar refractivity (Wildman–Crippen MR) is 67.1 cm³/mol. The van der Waals surface area contributed by atoms with E-state index in [2.05, 4.69) is 11.8 Å². The van der Waals surface area contributed by atoms with Crippen LogP contribution in [-0.2, 0) is 4.79 Å². The summed E-state index contributed by atoms with van der Waals surface area (Å²) in [7, 11) is 0. The van der Waals surface area contributed by atoms with Gasteiger partial charge in [-0.3, -0.25) is 4.79 Å². The van der Waals surface area contributed by atoms with E-state index < -0.39 is 0 Å². The topological polar surface area (TPSA) is 46.3 Å². The maximum atomic E-state index is 11.0. The number of likely N-dealkylation sites (tertiary alicyclic amines) is 1. The number of piperidine rings is 1. The summed E-state index contributed by atoms with van der Waals surface area (Å²) in [5.41, 5.74) is 5.31. The Hall–Kier alpha value is -0.570. The highest BCUT2D eigenvalue weighted by Crippen LogP contribution is 2.17. The Morgan fingerprint density at radius 2 is 1.81 bits per heavy atom. The highest BCUT2D eigenvalue weighted by molar-refractivity contribution is 5.76. The van der Waals surface area contributed by atoms with Gasteiger partial charge in [-0.25, -0.2) is 0 Å². The Morgan fingerprint density at radius 1 is 1.19 bits per heavy atom. The summed E-state index contributed by atoms with van der Waals surface area (Å²) in [6.07, 6.45) is 8.63. The molecule has 0 aromatic heterocycles. The molecule has 0 aliphatic carbocycles. The molecule has 1 aliphatic heterocycles. The predicted octanol–water partition coefficient (Wildman–Crippen LogP) is 2.15. The lowest BCUT2D eigenvalue weighted by Gasteiger charge is -2.30. The minimum absolute atomic E-state index is 0.109. The molecule has 1 aliphatic rings. The van der Waals surface area contributed by atoms with Crippen LogP contribution in [0.2, 0.25) is 0 Å². The number of amides is 1. The maximum absolute atomic E-state index is 11.0. The van der Waals surface area contributed by atoms with Gasteiger partial charge in [-0.2, -0.15) is 0 Å². The quantitative estimate of drug-likeness (QED) is 0.676. The van der Waals surface area contributed by atoms with Crippen LogP contribution in [0.3, 0.4) is 0 Å². The fourth-order valence-electron chi connectivity index (χ4n) is 2.38. The standard InChI is InChI=1S/C13H26N2O/c1-2-3-4-5-6-9-15-10-7-12(8-11-15)13(14)16/h12H,2-11H2,1H3,(H2,14,16). The highest BCUT2D eigenvalue weighted by atomic mass is 16.1. The van der Waals surface area contributed by atoms with Gasteiger partial charge in [-0.15, -0.1) is 0 Å². The van der Waals surface area contributed by atoms with Gasteiger partial charge in [-0.1, -0.05) is 32.6 Å². The monoisotopic (exact) mass is 226 g/mol. The first kappa shape index (κ1) is 13.5. The van der Waals surface area contributed by atoms with Crippen LogP contribution >= 0.6 is 0 Å². The second-order valence-electron chi connectivity index (χ2n) is 4.93. The lowest BCUT2D eigenvalue weighted by atomic mass is 9.96. The third kappa shape index (κ3) is 4.97. The smallest absolute Gasteiger partial charge is 0.220 e. The molecule has 3 heteroatoms. The molecule has 1 heterocycles. The molecule has 16 heavy (non-hydrogen) atoms. The first-order valence-corrected chi connectivity index (χ1v) is 6.75. The molecule has 1 rings (SSSR count). The van der Waals surface area contributed by atoms with Crippen LogP contribution in [0.4, 0.5) is 0 Å².